The van der Waals surface area contributed by atoms with Crippen LogP contribution in [0.1, 0.15) is 44.0 Å². The number of carbonyl (C=O) groups excluding carboxylic acids is 1. The van der Waals surface area contributed by atoms with Crippen molar-refractivity contribution in [2.75, 3.05) is 0 Å². The van der Waals surface area contributed by atoms with Crippen molar-refractivity contribution in [1.29, 1.82) is 0 Å². The van der Waals surface area contributed by atoms with E-state index in [2.05, 4.69) is 5.10 Å². The van der Waals surface area contributed by atoms with Gasteiger partial charge in [0.05, 0.1) is 4.92 Å². The van der Waals surface area contributed by atoms with Gasteiger partial charge in [-0.05, 0) is 69.9 Å². The van der Waals surface area contributed by atoms with Gasteiger partial charge in [-0.2, -0.15) is 5.10 Å². The average Bonchev–Trinajstić information content (AvgIpc) is 2.74. The van der Waals surface area contributed by atoms with E-state index in [1.807, 2.05) is 33.8 Å². The van der Waals surface area contributed by atoms with Crippen molar-refractivity contribution in [3.05, 3.63) is 55.4 Å². The molecule has 0 saturated heterocycles. The fourth-order valence-corrected chi connectivity index (χ4v) is 2.83. The highest BCUT2D eigenvalue weighted by atomic mass is 16.6. The van der Waals surface area contributed by atoms with E-state index < -0.39 is 4.92 Å². The van der Waals surface area contributed by atoms with E-state index in [9.17, 15) is 14.9 Å². The highest BCUT2D eigenvalue weighted by molar-refractivity contribution is 5.98. The van der Waals surface area contributed by atoms with Gasteiger partial charge in [0.1, 0.15) is 17.9 Å². The highest BCUT2D eigenvalue weighted by Gasteiger charge is 2.23. The minimum Gasteiger partial charge on any atom is -0.292 e. The molecule has 0 fully saturated rings. The van der Waals surface area contributed by atoms with Crippen LogP contribution in [0.4, 0.5) is 5.69 Å². The summed E-state index contributed by atoms with van der Waals surface area (Å²) in [7, 11) is 0. The topological polar surface area (TPSA) is 78.0 Å². The lowest BCUT2D eigenvalue weighted by atomic mass is 9.92. The summed E-state index contributed by atoms with van der Waals surface area (Å²) in [6.45, 7) is 11.1. The fraction of sp³-hybridized carbons (Fsp3) is 0.412. The molecule has 0 unspecified atom stereocenters. The van der Waals surface area contributed by atoms with Crippen LogP contribution >= 0.6 is 0 Å². The Morgan fingerprint density at radius 1 is 1.13 bits per heavy atom. The Morgan fingerprint density at radius 3 is 2.26 bits per heavy atom. The van der Waals surface area contributed by atoms with Gasteiger partial charge in [-0.25, -0.2) is 0 Å². The maximum absolute atomic E-state index is 12.7. The third-order valence-corrected chi connectivity index (χ3v) is 4.60. The van der Waals surface area contributed by atoms with Crippen molar-refractivity contribution in [3.8, 4) is 0 Å². The van der Waals surface area contributed by atoms with Gasteiger partial charge in [-0.1, -0.05) is 0 Å². The molecule has 6 heteroatoms. The van der Waals surface area contributed by atoms with Crippen molar-refractivity contribution in [2.24, 2.45) is 0 Å². The number of hydrogen-bond donors (Lipinski definition) is 0. The first kappa shape index (κ1) is 16.9. The molecule has 2 aromatic rings. The molecular formula is C17H21N3O3. The molecule has 0 bridgehead atoms. The number of nitrogens with zero attached hydrogens (tertiary/aromatic N) is 3. The molecule has 0 amide bonds. The van der Waals surface area contributed by atoms with Crippen LogP contribution in [-0.2, 0) is 6.54 Å². The van der Waals surface area contributed by atoms with E-state index in [0.29, 0.717) is 17.0 Å². The number of rotatable bonds is 4. The molecule has 23 heavy (non-hydrogen) atoms. The van der Waals surface area contributed by atoms with Gasteiger partial charge < -0.3 is 0 Å². The zero-order valence-electron chi connectivity index (χ0n) is 14.4. The summed E-state index contributed by atoms with van der Waals surface area (Å²) in [5, 5.41) is 15.2. The summed E-state index contributed by atoms with van der Waals surface area (Å²) in [6.07, 6.45) is 0. The predicted octanol–water partition coefficient (Wildman–Crippen LogP) is 3.52. The van der Waals surface area contributed by atoms with Gasteiger partial charge in [0.2, 0.25) is 0 Å². The average molecular weight is 315 g/mol. The second-order valence-corrected chi connectivity index (χ2v) is 5.97. The first-order chi connectivity index (χ1) is 10.6. The lowest BCUT2D eigenvalue weighted by molar-refractivity contribution is -0.386. The van der Waals surface area contributed by atoms with Gasteiger partial charge in [0, 0.05) is 5.56 Å². The number of carbonyl (C=O) groups is 1. The number of aryl methyl sites for hydroxylation is 2. The number of aromatic nitrogens is 2. The van der Waals surface area contributed by atoms with Crippen molar-refractivity contribution >= 4 is 11.5 Å². The molecule has 0 aliphatic heterocycles. The zero-order chi connectivity index (χ0) is 17.5. The molecule has 2 rings (SSSR count). The Balaban J connectivity index is 2.42. The lowest BCUT2D eigenvalue weighted by Gasteiger charge is -2.13. The van der Waals surface area contributed by atoms with Gasteiger partial charge >= 0.3 is 5.69 Å². The van der Waals surface area contributed by atoms with Crippen LogP contribution in [0.25, 0.3) is 0 Å². The van der Waals surface area contributed by atoms with Crippen molar-refractivity contribution in [3.63, 3.8) is 0 Å². The smallest absolute Gasteiger partial charge is 0.292 e. The molecule has 1 aromatic carbocycles. The number of benzene rings is 1. The summed E-state index contributed by atoms with van der Waals surface area (Å²) >= 11 is 0. The van der Waals surface area contributed by atoms with Crippen LogP contribution in [0.15, 0.2) is 6.07 Å². The first-order valence-corrected chi connectivity index (χ1v) is 7.44. The SMILES string of the molecule is Cc1cc(C(=O)Cn2nc(C)c([N+](=O)[O-])c2C)c(C)c(C)c1C. The van der Waals surface area contributed by atoms with E-state index in [-0.39, 0.29) is 18.0 Å². The molecular weight excluding hydrogens is 294 g/mol. The Kier molecular flexibility index (Phi) is 4.36. The van der Waals surface area contributed by atoms with Crippen LogP contribution in [0.3, 0.4) is 0 Å². The van der Waals surface area contributed by atoms with Crippen LogP contribution < -0.4 is 0 Å². The summed E-state index contributed by atoms with van der Waals surface area (Å²) in [4.78, 5) is 23.3. The van der Waals surface area contributed by atoms with Crippen LogP contribution in [0.2, 0.25) is 0 Å². The Morgan fingerprint density at radius 2 is 1.74 bits per heavy atom. The number of ketones is 1. The number of Topliss-reactive ketones (excluding diaryl/α,β-unsaturated/α-hetero) is 1. The maximum Gasteiger partial charge on any atom is 0.312 e. The van der Waals surface area contributed by atoms with Crippen LogP contribution in [0.5, 0.6) is 0 Å². The standard InChI is InChI=1S/C17H21N3O3/c1-9-7-15(12(4)11(3)10(9)2)16(21)8-19-14(6)17(20(22)23)13(5)18-19/h7H,8H2,1-6H3. The van der Waals surface area contributed by atoms with E-state index in [0.717, 1.165) is 16.7 Å². The molecule has 1 heterocycles. The summed E-state index contributed by atoms with van der Waals surface area (Å²) in [5.41, 5.74) is 5.66. The van der Waals surface area contributed by atoms with Gasteiger partial charge in [0.25, 0.3) is 0 Å². The van der Waals surface area contributed by atoms with E-state index in [1.165, 1.54) is 10.2 Å². The van der Waals surface area contributed by atoms with Crippen LogP contribution in [-0.4, -0.2) is 20.5 Å². The Bertz CT molecular complexity index is 819. The van der Waals surface area contributed by atoms with Crippen molar-refractivity contribution < 1.29 is 9.72 Å². The minimum absolute atomic E-state index is 0.00327. The van der Waals surface area contributed by atoms with Gasteiger partial charge in [-0.15, -0.1) is 0 Å². The predicted molar refractivity (Wildman–Crippen MR) is 88.1 cm³/mol. The van der Waals surface area contributed by atoms with E-state index in [4.69, 9.17) is 0 Å². The molecule has 0 saturated carbocycles. The second kappa shape index (κ2) is 5.95. The third kappa shape index (κ3) is 2.88. The number of hydrogen-bond acceptors (Lipinski definition) is 4. The molecule has 0 aliphatic carbocycles. The maximum atomic E-state index is 12.7. The number of nitro groups is 1. The third-order valence-electron chi connectivity index (χ3n) is 4.60. The Hall–Kier alpha value is -2.50. The molecule has 122 valence electrons. The quantitative estimate of drug-likeness (QED) is 0.491. The zero-order valence-corrected chi connectivity index (χ0v) is 14.4. The van der Waals surface area contributed by atoms with Crippen molar-refractivity contribution in [2.45, 2.75) is 48.1 Å². The first-order valence-electron chi connectivity index (χ1n) is 7.44. The highest BCUT2D eigenvalue weighted by Crippen LogP contribution is 2.24. The summed E-state index contributed by atoms with van der Waals surface area (Å²) in [5.74, 6) is -0.0887. The molecule has 0 aliphatic rings. The van der Waals surface area contributed by atoms with Crippen LogP contribution in [0, 0.1) is 51.7 Å². The summed E-state index contributed by atoms with van der Waals surface area (Å²) in [6, 6.07) is 1.89. The van der Waals surface area contributed by atoms with E-state index >= 15 is 0 Å². The van der Waals surface area contributed by atoms with Gasteiger partial charge in [-0.3, -0.25) is 19.6 Å². The Labute approximate surface area is 135 Å². The fourth-order valence-electron chi connectivity index (χ4n) is 2.83. The minimum atomic E-state index is -0.454. The van der Waals surface area contributed by atoms with Crippen molar-refractivity contribution in [1.82, 2.24) is 9.78 Å². The molecule has 0 spiro atoms. The van der Waals surface area contributed by atoms with E-state index in [1.54, 1.807) is 13.8 Å². The molecule has 1 aromatic heterocycles. The van der Waals surface area contributed by atoms with Gasteiger partial charge in [0.15, 0.2) is 5.78 Å². The largest absolute Gasteiger partial charge is 0.312 e. The monoisotopic (exact) mass is 315 g/mol. The second-order valence-electron chi connectivity index (χ2n) is 5.97. The molecule has 0 N–H and O–H groups in total. The summed E-state index contributed by atoms with van der Waals surface area (Å²) < 4.78 is 1.42. The molecule has 6 nitrogen and oxygen atoms in total. The molecule has 0 atom stereocenters. The lowest BCUT2D eigenvalue weighted by Crippen LogP contribution is -2.15. The normalized spacial score (nSPS) is 10.9. The molecule has 0 radical (unpaired) electrons.